The molecule has 0 aliphatic carbocycles. The molecule has 0 unspecified atom stereocenters. The number of carbonyl (C=O) groups is 1. The van der Waals surface area contributed by atoms with Gasteiger partial charge < -0.3 is 5.32 Å². The maximum Gasteiger partial charge on any atom is 0.253 e. The van der Waals surface area contributed by atoms with Crippen LogP contribution >= 0.6 is 15.9 Å². The summed E-state index contributed by atoms with van der Waals surface area (Å²) in [5, 5.41) is 2.89. The van der Waals surface area contributed by atoms with Crippen LogP contribution in [0.5, 0.6) is 0 Å². The lowest BCUT2D eigenvalue weighted by atomic mass is 10.0. The zero-order chi connectivity index (χ0) is 15.6. The number of carbonyl (C=O) groups excluding carboxylic acids is 1. The molecular formula is C16H22BrN3O. The van der Waals surface area contributed by atoms with Crippen molar-refractivity contribution in [1.29, 1.82) is 0 Å². The normalized spacial score (nSPS) is 16.5. The SMILES string of the molecule is Cc1cnc(NC(=O)C2=CCCN(C(C)(C)C)C2)c(Br)c1. The van der Waals surface area contributed by atoms with Gasteiger partial charge in [-0.05, 0) is 61.7 Å². The van der Waals surface area contributed by atoms with E-state index in [1.54, 1.807) is 6.20 Å². The zero-order valence-electron chi connectivity index (χ0n) is 13.0. The number of nitrogens with zero attached hydrogens (tertiary/aromatic N) is 2. The standard InChI is InChI=1S/C16H22BrN3O/c1-11-8-13(17)14(18-9-11)19-15(21)12-6-5-7-20(10-12)16(2,3)4/h6,8-9H,5,7,10H2,1-4H3,(H,18,19,21). The predicted octanol–water partition coefficient (Wildman–Crippen LogP) is 3.52. The quantitative estimate of drug-likeness (QED) is 0.886. The Morgan fingerprint density at radius 3 is 2.76 bits per heavy atom. The minimum atomic E-state index is -0.0685. The maximum absolute atomic E-state index is 12.4. The number of anilines is 1. The number of hydrogen-bond acceptors (Lipinski definition) is 3. The Bertz CT molecular complexity index is 575. The second kappa shape index (κ2) is 6.28. The highest BCUT2D eigenvalue weighted by Crippen LogP contribution is 2.23. The number of halogens is 1. The molecule has 21 heavy (non-hydrogen) atoms. The van der Waals surface area contributed by atoms with Crippen LogP contribution in [0, 0.1) is 6.92 Å². The lowest BCUT2D eigenvalue weighted by Gasteiger charge is -2.38. The van der Waals surface area contributed by atoms with Crippen molar-refractivity contribution in [2.75, 3.05) is 18.4 Å². The monoisotopic (exact) mass is 351 g/mol. The second-order valence-electron chi connectivity index (χ2n) is 6.41. The molecule has 1 N–H and O–H groups in total. The summed E-state index contributed by atoms with van der Waals surface area (Å²) in [5.74, 6) is 0.500. The van der Waals surface area contributed by atoms with Crippen LogP contribution in [0.4, 0.5) is 5.82 Å². The van der Waals surface area contributed by atoms with E-state index in [-0.39, 0.29) is 11.4 Å². The van der Waals surface area contributed by atoms with E-state index in [9.17, 15) is 4.79 Å². The van der Waals surface area contributed by atoms with Crippen molar-refractivity contribution in [3.8, 4) is 0 Å². The molecule has 0 bridgehead atoms. The van der Waals surface area contributed by atoms with Crippen LogP contribution in [-0.2, 0) is 4.79 Å². The van der Waals surface area contributed by atoms with Gasteiger partial charge >= 0.3 is 0 Å². The fourth-order valence-corrected chi connectivity index (χ4v) is 2.86. The molecule has 0 saturated carbocycles. The molecule has 2 heterocycles. The maximum atomic E-state index is 12.4. The Balaban J connectivity index is 2.08. The van der Waals surface area contributed by atoms with Gasteiger partial charge in [0.2, 0.25) is 0 Å². The van der Waals surface area contributed by atoms with Crippen LogP contribution in [-0.4, -0.2) is 34.4 Å². The van der Waals surface area contributed by atoms with Gasteiger partial charge in [0.05, 0.1) is 4.47 Å². The molecule has 0 spiro atoms. The minimum Gasteiger partial charge on any atom is -0.306 e. The Morgan fingerprint density at radius 1 is 1.43 bits per heavy atom. The van der Waals surface area contributed by atoms with Gasteiger partial charge in [0.15, 0.2) is 0 Å². The first-order valence-electron chi connectivity index (χ1n) is 7.15. The van der Waals surface area contributed by atoms with Crippen molar-refractivity contribution in [1.82, 2.24) is 9.88 Å². The predicted molar refractivity (Wildman–Crippen MR) is 89.3 cm³/mol. The van der Waals surface area contributed by atoms with E-state index in [0.29, 0.717) is 12.4 Å². The van der Waals surface area contributed by atoms with E-state index < -0.39 is 0 Å². The number of hydrogen-bond donors (Lipinski definition) is 1. The van der Waals surface area contributed by atoms with Gasteiger partial charge in [-0.1, -0.05) is 6.08 Å². The van der Waals surface area contributed by atoms with Crippen molar-refractivity contribution >= 4 is 27.7 Å². The first-order chi connectivity index (χ1) is 9.77. The van der Waals surface area contributed by atoms with Crippen LogP contribution in [0.3, 0.4) is 0 Å². The summed E-state index contributed by atoms with van der Waals surface area (Å²) in [4.78, 5) is 19.0. The molecule has 1 aliphatic rings. The third-order valence-electron chi connectivity index (χ3n) is 3.60. The third kappa shape index (κ3) is 4.14. The van der Waals surface area contributed by atoms with Crippen LogP contribution in [0.15, 0.2) is 28.4 Å². The van der Waals surface area contributed by atoms with Gasteiger partial charge in [0.25, 0.3) is 5.91 Å². The number of aromatic nitrogens is 1. The van der Waals surface area contributed by atoms with Crippen molar-refractivity contribution in [2.45, 2.75) is 39.7 Å². The van der Waals surface area contributed by atoms with Crippen molar-refractivity contribution in [2.24, 2.45) is 0 Å². The molecular weight excluding hydrogens is 330 g/mol. The second-order valence-corrected chi connectivity index (χ2v) is 7.26. The molecule has 1 aromatic rings. The molecule has 0 fully saturated rings. The highest BCUT2D eigenvalue weighted by molar-refractivity contribution is 9.10. The van der Waals surface area contributed by atoms with Gasteiger partial charge in [0.1, 0.15) is 5.82 Å². The summed E-state index contributed by atoms with van der Waals surface area (Å²) >= 11 is 3.44. The van der Waals surface area contributed by atoms with E-state index in [4.69, 9.17) is 0 Å². The Kier molecular flexibility index (Phi) is 4.84. The van der Waals surface area contributed by atoms with Gasteiger partial charge in [0, 0.05) is 30.4 Å². The highest BCUT2D eigenvalue weighted by atomic mass is 79.9. The van der Waals surface area contributed by atoms with Crippen LogP contribution in [0.1, 0.15) is 32.8 Å². The summed E-state index contributed by atoms with van der Waals surface area (Å²) in [6.07, 6.45) is 4.68. The smallest absolute Gasteiger partial charge is 0.253 e. The summed E-state index contributed by atoms with van der Waals surface area (Å²) < 4.78 is 0.805. The number of aryl methyl sites for hydroxylation is 1. The molecule has 0 saturated heterocycles. The minimum absolute atomic E-state index is 0.0685. The van der Waals surface area contributed by atoms with Crippen LogP contribution in [0.25, 0.3) is 0 Å². The lowest BCUT2D eigenvalue weighted by molar-refractivity contribution is -0.113. The number of nitrogens with one attached hydrogen (secondary N) is 1. The third-order valence-corrected chi connectivity index (χ3v) is 4.21. The van der Waals surface area contributed by atoms with Gasteiger partial charge in [-0.15, -0.1) is 0 Å². The largest absolute Gasteiger partial charge is 0.306 e. The van der Waals surface area contributed by atoms with Gasteiger partial charge in [-0.25, -0.2) is 4.98 Å². The molecule has 1 aromatic heterocycles. The summed E-state index contributed by atoms with van der Waals surface area (Å²) in [6.45, 7) is 10.2. The molecule has 0 atom stereocenters. The van der Waals surface area contributed by atoms with Crippen LogP contribution < -0.4 is 5.32 Å². The summed E-state index contributed by atoms with van der Waals surface area (Å²) in [6, 6.07) is 1.94. The van der Waals surface area contributed by atoms with Crippen molar-refractivity contribution < 1.29 is 4.79 Å². The molecule has 4 nitrogen and oxygen atoms in total. The summed E-state index contributed by atoms with van der Waals surface area (Å²) in [7, 11) is 0. The average Bonchev–Trinajstić information content (AvgIpc) is 2.41. The highest BCUT2D eigenvalue weighted by Gasteiger charge is 2.26. The molecule has 0 aromatic carbocycles. The van der Waals surface area contributed by atoms with E-state index >= 15 is 0 Å². The Labute approximate surface area is 134 Å². The number of pyridine rings is 1. The van der Waals surface area contributed by atoms with Gasteiger partial charge in [-0.2, -0.15) is 0 Å². The fraction of sp³-hybridized carbons (Fsp3) is 0.500. The van der Waals surface area contributed by atoms with E-state index in [2.05, 4.69) is 51.9 Å². The molecule has 1 aliphatic heterocycles. The first kappa shape index (κ1) is 16.2. The first-order valence-corrected chi connectivity index (χ1v) is 7.94. The molecule has 2 rings (SSSR count). The van der Waals surface area contributed by atoms with Crippen LogP contribution in [0.2, 0.25) is 0 Å². The van der Waals surface area contributed by atoms with E-state index in [1.165, 1.54) is 0 Å². The fourth-order valence-electron chi connectivity index (χ4n) is 2.29. The van der Waals surface area contributed by atoms with Crippen molar-refractivity contribution in [3.05, 3.63) is 33.9 Å². The molecule has 114 valence electrons. The number of rotatable bonds is 2. The average molecular weight is 352 g/mol. The number of amides is 1. The van der Waals surface area contributed by atoms with E-state index in [1.807, 2.05) is 19.1 Å². The zero-order valence-corrected chi connectivity index (χ0v) is 14.6. The topological polar surface area (TPSA) is 45.2 Å². The van der Waals surface area contributed by atoms with E-state index in [0.717, 1.165) is 28.6 Å². The lowest BCUT2D eigenvalue weighted by Crippen LogP contribution is -2.45. The Morgan fingerprint density at radius 2 is 2.14 bits per heavy atom. The molecule has 0 radical (unpaired) electrons. The molecule has 5 heteroatoms. The Hall–Kier alpha value is -1.20. The van der Waals surface area contributed by atoms with Crippen molar-refractivity contribution in [3.63, 3.8) is 0 Å². The van der Waals surface area contributed by atoms with Gasteiger partial charge in [-0.3, -0.25) is 9.69 Å². The summed E-state index contributed by atoms with van der Waals surface area (Å²) in [5.41, 5.74) is 1.93. The molecule has 1 amide bonds.